The Morgan fingerprint density at radius 3 is 2.11 bits per heavy atom. The predicted octanol–water partition coefficient (Wildman–Crippen LogP) is 5.27. The van der Waals surface area contributed by atoms with Gasteiger partial charge in [0.15, 0.2) is 0 Å². The van der Waals surface area contributed by atoms with Gasteiger partial charge in [-0.05, 0) is 104 Å². The van der Waals surface area contributed by atoms with Gasteiger partial charge < -0.3 is 20.4 Å². The van der Waals surface area contributed by atoms with Gasteiger partial charge in [0, 0.05) is 0 Å². The summed E-state index contributed by atoms with van der Waals surface area (Å²) in [6, 6.07) is 0. The summed E-state index contributed by atoms with van der Waals surface area (Å²) in [6.07, 6.45) is 6.51. The van der Waals surface area contributed by atoms with Crippen LogP contribution in [0.15, 0.2) is 11.6 Å². The molecule has 0 aromatic heterocycles. The molecule has 5 aliphatic carbocycles. The van der Waals surface area contributed by atoms with E-state index < -0.39 is 35.0 Å². The van der Waals surface area contributed by atoms with Crippen LogP contribution in [0.5, 0.6) is 0 Å². The summed E-state index contributed by atoms with van der Waals surface area (Å²) in [7, 11) is 0. The second-order valence-corrected chi connectivity index (χ2v) is 15.1. The summed E-state index contributed by atoms with van der Waals surface area (Å²) < 4.78 is 0. The summed E-state index contributed by atoms with van der Waals surface area (Å²) in [6.45, 7) is 13.0. The van der Waals surface area contributed by atoms with E-state index in [-0.39, 0.29) is 39.4 Å². The van der Waals surface area contributed by atoms with Crippen molar-refractivity contribution in [2.24, 2.45) is 50.2 Å². The molecule has 6 nitrogen and oxygen atoms in total. The van der Waals surface area contributed by atoms with E-state index in [1.165, 1.54) is 5.57 Å². The summed E-state index contributed by atoms with van der Waals surface area (Å²) in [5.41, 5.74) is -1.79. The number of aliphatic carboxylic acids is 2. The molecule has 0 radical (unpaired) electrons. The van der Waals surface area contributed by atoms with Gasteiger partial charge in [-0.15, -0.1) is 0 Å². The SMILES string of the molecule is CC1(C)CCC2(C(=O)O)C(O)CC3(C)C(=CCC4C5(C)CC(O)CC(C)(C(=O)O)C5CCC43C)C2C1. The molecule has 6 heteroatoms. The Hall–Kier alpha value is -1.40. The average molecular weight is 503 g/mol. The number of carboxylic acid groups (broad SMARTS) is 2. The highest BCUT2D eigenvalue weighted by Crippen LogP contribution is 2.75. The maximum Gasteiger partial charge on any atom is 0.312 e. The molecule has 0 amide bonds. The summed E-state index contributed by atoms with van der Waals surface area (Å²) in [5.74, 6) is -1.75. The highest BCUT2D eigenvalue weighted by Gasteiger charge is 2.72. The number of aliphatic hydroxyl groups excluding tert-OH is 2. The number of carbonyl (C=O) groups is 2. The number of fused-ring (bicyclic) bond motifs is 7. The molecule has 5 aliphatic rings. The topological polar surface area (TPSA) is 115 Å². The molecule has 0 heterocycles. The van der Waals surface area contributed by atoms with E-state index in [1.54, 1.807) is 0 Å². The van der Waals surface area contributed by atoms with Gasteiger partial charge in [0.05, 0.1) is 17.6 Å². The minimum absolute atomic E-state index is 0.0145. The van der Waals surface area contributed by atoms with Crippen molar-refractivity contribution < 1.29 is 30.0 Å². The van der Waals surface area contributed by atoms with Crippen LogP contribution in [0.1, 0.15) is 99.3 Å². The quantitative estimate of drug-likeness (QED) is 0.383. The van der Waals surface area contributed by atoms with Gasteiger partial charge in [-0.25, -0.2) is 0 Å². The Kier molecular flexibility index (Phi) is 5.53. The fraction of sp³-hybridized carbons (Fsp3) is 0.867. The molecule has 10 atom stereocenters. The normalized spacial score (nSPS) is 53.7. The Morgan fingerprint density at radius 2 is 1.50 bits per heavy atom. The Balaban J connectivity index is 1.64. The third kappa shape index (κ3) is 3.03. The maximum atomic E-state index is 12.8. The lowest BCUT2D eigenvalue weighted by Gasteiger charge is -2.71. The first-order valence-corrected chi connectivity index (χ1v) is 14.0. The summed E-state index contributed by atoms with van der Waals surface area (Å²) in [5, 5.41) is 43.4. The second kappa shape index (κ2) is 7.59. The molecule has 202 valence electrons. The van der Waals surface area contributed by atoms with Crippen molar-refractivity contribution in [3.05, 3.63) is 11.6 Å². The average Bonchev–Trinajstić information content (AvgIpc) is 2.72. The molecule has 36 heavy (non-hydrogen) atoms. The highest BCUT2D eigenvalue weighted by molar-refractivity contribution is 5.78. The number of carboxylic acids is 2. The third-order valence-electron chi connectivity index (χ3n) is 12.9. The summed E-state index contributed by atoms with van der Waals surface area (Å²) in [4.78, 5) is 25.3. The molecule has 0 aromatic rings. The Bertz CT molecular complexity index is 1020. The maximum absolute atomic E-state index is 12.8. The minimum Gasteiger partial charge on any atom is -0.481 e. The largest absolute Gasteiger partial charge is 0.481 e. The number of aliphatic hydroxyl groups is 2. The molecule has 4 saturated carbocycles. The molecule has 0 saturated heterocycles. The van der Waals surface area contributed by atoms with Crippen LogP contribution >= 0.6 is 0 Å². The molecule has 10 unspecified atom stereocenters. The highest BCUT2D eigenvalue weighted by atomic mass is 16.4. The lowest BCUT2D eigenvalue weighted by molar-refractivity contribution is -0.221. The van der Waals surface area contributed by atoms with Crippen molar-refractivity contribution in [2.45, 2.75) is 112 Å². The smallest absolute Gasteiger partial charge is 0.312 e. The van der Waals surface area contributed by atoms with Crippen molar-refractivity contribution in [1.29, 1.82) is 0 Å². The molecule has 0 bridgehead atoms. The summed E-state index contributed by atoms with van der Waals surface area (Å²) >= 11 is 0. The standard InChI is InChI=1S/C30H46O6/c1-25(2)11-12-30(24(35)36)19(15-25)18-7-8-21-26(3)13-17(31)14-27(4,23(33)34)20(26)9-10-28(21,5)29(18,6)16-22(30)32/h7,17,19-22,31-32H,8-16H2,1-6H3,(H,33,34)(H,35,36). The van der Waals surface area contributed by atoms with Crippen LogP contribution in [-0.2, 0) is 9.59 Å². The van der Waals surface area contributed by atoms with Crippen molar-refractivity contribution >= 4 is 11.9 Å². The number of allylic oxidation sites excluding steroid dienone is 2. The molecule has 4 N–H and O–H groups in total. The first-order chi connectivity index (χ1) is 16.5. The van der Waals surface area contributed by atoms with E-state index in [9.17, 15) is 30.0 Å². The van der Waals surface area contributed by atoms with Gasteiger partial charge in [-0.3, -0.25) is 9.59 Å². The monoisotopic (exact) mass is 502 g/mol. The molecule has 5 rings (SSSR count). The zero-order valence-electron chi connectivity index (χ0n) is 22.9. The molecule has 0 aliphatic heterocycles. The fourth-order valence-electron chi connectivity index (χ4n) is 10.9. The first kappa shape index (κ1) is 26.2. The van der Waals surface area contributed by atoms with Gasteiger partial charge in [0.25, 0.3) is 0 Å². The van der Waals surface area contributed by atoms with E-state index in [1.807, 2.05) is 6.92 Å². The van der Waals surface area contributed by atoms with E-state index in [0.717, 1.165) is 32.1 Å². The van der Waals surface area contributed by atoms with E-state index in [4.69, 9.17) is 0 Å². The van der Waals surface area contributed by atoms with Crippen LogP contribution < -0.4 is 0 Å². The third-order valence-corrected chi connectivity index (χ3v) is 12.9. The molecular formula is C30H46O6. The molecule has 0 aromatic carbocycles. The Morgan fingerprint density at radius 1 is 0.833 bits per heavy atom. The predicted molar refractivity (Wildman–Crippen MR) is 136 cm³/mol. The van der Waals surface area contributed by atoms with Crippen molar-refractivity contribution in [3.63, 3.8) is 0 Å². The fourth-order valence-corrected chi connectivity index (χ4v) is 10.9. The van der Waals surface area contributed by atoms with Gasteiger partial charge in [0.2, 0.25) is 0 Å². The van der Waals surface area contributed by atoms with Crippen LogP contribution in [0, 0.1) is 50.2 Å². The number of hydrogen-bond donors (Lipinski definition) is 4. The van der Waals surface area contributed by atoms with E-state index in [0.29, 0.717) is 25.7 Å². The van der Waals surface area contributed by atoms with Crippen molar-refractivity contribution in [3.8, 4) is 0 Å². The number of hydrogen-bond acceptors (Lipinski definition) is 4. The van der Waals surface area contributed by atoms with Crippen LogP contribution in [0.2, 0.25) is 0 Å². The van der Waals surface area contributed by atoms with Crippen molar-refractivity contribution in [1.82, 2.24) is 0 Å². The van der Waals surface area contributed by atoms with Crippen LogP contribution in [0.25, 0.3) is 0 Å². The lowest BCUT2D eigenvalue weighted by Crippen LogP contribution is -2.68. The molecular weight excluding hydrogens is 456 g/mol. The van der Waals surface area contributed by atoms with Crippen LogP contribution in [0.3, 0.4) is 0 Å². The van der Waals surface area contributed by atoms with Gasteiger partial charge in [-0.1, -0.05) is 46.3 Å². The Labute approximate surface area is 215 Å². The van der Waals surface area contributed by atoms with Crippen LogP contribution in [-0.4, -0.2) is 44.6 Å². The zero-order chi connectivity index (χ0) is 26.7. The number of rotatable bonds is 2. The first-order valence-electron chi connectivity index (χ1n) is 14.0. The molecule has 4 fully saturated rings. The second-order valence-electron chi connectivity index (χ2n) is 15.1. The minimum atomic E-state index is -1.13. The van der Waals surface area contributed by atoms with Gasteiger partial charge in [-0.2, -0.15) is 0 Å². The lowest BCUT2D eigenvalue weighted by atomic mass is 9.33. The zero-order valence-corrected chi connectivity index (χ0v) is 22.9. The van der Waals surface area contributed by atoms with Gasteiger partial charge in [0.1, 0.15) is 5.41 Å². The van der Waals surface area contributed by atoms with Crippen molar-refractivity contribution in [2.75, 3.05) is 0 Å². The van der Waals surface area contributed by atoms with Crippen LogP contribution in [0.4, 0.5) is 0 Å². The van der Waals surface area contributed by atoms with E-state index in [2.05, 4.69) is 40.7 Å². The van der Waals surface area contributed by atoms with E-state index >= 15 is 0 Å². The molecule has 0 spiro atoms. The van der Waals surface area contributed by atoms with Gasteiger partial charge >= 0.3 is 11.9 Å².